The van der Waals surface area contributed by atoms with Gasteiger partial charge in [0, 0.05) is 26.5 Å². The van der Waals surface area contributed by atoms with Crippen LogP contribution in [0, 0.1) is 5.41 Å². The lowest BCUT2D eigenvalue weighted by Gasteiger charge is -2.27. The summed E-state index contributed by atoms with van der Waals surface area (Å²) in [6.45, 7) is 2.47. The van der Waals surface area contributed by atoms with Crippen LogP contribution >= 0.6 is 0 Å². The van der Waals surface area contributed by atoms with Crippen LogP contribution in [-0.4, -0.2) is 42.6 Å². The first-order valence-corrected chi connectivity index (χ1v) is 4.47. The first-order valence-electron chi connectivity index (χ1n) is 4.47. The minimum atomic E-state index is 0.235. The molecule has 0 radical (unpaired) electrons. The molecule has 0 aromatic heterocycles. The van der Waals surface area contributed by atoms with E-state index in [1.165, 1.54) is 0 Å². The molecule has 1 aliphatic rings. The molecule has 0 aromatic carbocycles. The molecule has 0 atom stereocenters. The number of nitrogens with one attached hydrogen (secondary N) is 1. The van der Waals surface area contributed by atoms with E-state index in [-0.39, 0.29) is 6.17 Å². The van der Waals surface area contributed by atoms with Crippen LogP contribution in [0.3, 0.4) is 0 Å². The summed E-state index contributed by atoms with van der Waals surface area (Å²) in [6, 6.07) is 0. The van der Waals surface area contributed by atoms with Gasteiger partial charge >= 0.3 is 0 Å². The molecule has 0 bridgehead atoms. The molecule has 1 N–H and O–H groups in total. The van der Waals surface area contributed by atoms with Gasteiger partial charge in [0.05, 0.1) is 13.0 Å². The van der Waals surface area contributed by atoms with Crippen molar-refractivity contribution in [2.24, 2.45) is 0 Å². The summed E-state index contributed by atoms with van der Waals surface area (Å²) >= 11 is 0. The van der Waals surface area contributed by atoms with Crippen molar-refractivity contribution in [3.05, 3.63) is 12.4 Å². The Balaban J connectivity index is 2.40. The van der Waals surface area contributed by atoms with Crippen LogP contribution in [-0.2, 0) is 4.74 Å². The van der Waals surface area contributed by atoms with Crippen molar-refractivity contribution in [1.29, 1.82) is 5.41 Å². The van der Waals surface area contributed by atoms with Crippen molar-refractivity contribution in [3.8, 4) is 0 Å². The minimum absolute atomic E-state index is 0.235. The Labute approximate surface area is 79.3 Å². The monoisotopic (exact) mass is 183 g/mol. The second-order valence-corrected chi connectivity index (χ2v) is 3.17. The van der Waals surface area contributed by atoms with E-state index in [4.69, 9.17) is 10.1 Å². The number of hydrogen-bond donors (Lipinski definition) is 1. The Morgan fingerprint density at radius 1 is 1.38 bits per heavy atom. The molecule has 0 aliphatic carbocycles. The third-order valence-corrected chi connectivity index (χ3v) is 2.16. The Morgan fingerprint density at radius 2 is 1.92 bits per heavy atom. The molecule has 0 spiro atoms. The normalized spacial score (nSPS) is 16.8. The van der Waals surface area contributed by atoms with E-state index in [0.717, 1.165) is 0 Å². The van der Waals surface area contributed by atoms with Crippen molar-refractivity contribution in [3.63, 3.8) is 0 Å². The predicted molar refractivity (Wildman–Crippen MR) is 52.4 cm³/mol. The first-order chi connectivity index (χ1) is 6.15. The fraction of sp³-hybridized carbons (Fsp3) is 0.667. The zero-order chi connectivity index (χ0) is 9.84. The Morgan fingerprint density at radius 3 is 2.38 bits per heavy atom. The van der Waals surface area contributed by atoms with Crippen molar-refractivity contribution in [2.45, 2.75) is 19.5 Å². The molecule has 1 aliphatic heterocycles. The number of ether oxygens (including phenoxy) is 1. The molecular weight excluding hydrogens is 166 g/mol. The van der Waals surface area contributed by atoms with Crippen molar-refractivity contribution >= 4 is 5.90 Å². The Kier molecular flexibility index (Phi) is 3.17. The highest BCUT2D eigenvalue weighted by atomic mass is 16.5. The van der Waals surface area contributed by atoms with Gasteiger partial charge in [-0.3, -0.25) is 5.41 Å². The van der Waals surface area contributed by atoms with Crippen LogP contribution in [0.15, 0.2) is 12.4 Å². The summed E-state index contributed by atoms with van der Waals surface area (Å²) in [7, 11) is 4.01. The molecule has 4 nitrogen and oxygen atoms in total. The van der Waals surface area contributed by atoms with Gasteiger partial charge in [-0.1, -0.05) is 0 Å². The molecule has 0 amide bonds. The van der Waals surface area contributed by atoms with Crippen LogP contribution in [0.25, 0.3) is 0 Å². The maximum atomic E-state index is 7.53. The number of nitrogens with zero attached hydrogens (tertiary/aromatic N) is 2. The summed E-state index contributed by atoms with van der Waals surface area (Å²) in [6.07, 6.45) is 4.88. The van der Waals surface area contributed by atoms with E-state index in [1.807, 2.05) is 33.4 Å². The fourth-order valence-electron chi connectivity index (χ4n) is 1.38. The highest BCUT2D eigenvalue weighted by molar-refractivity contribution is 5.73. The van der Waals surface area contributed by atoms with Crippen molar-refractivity contribution in [1.82, 2.24) is 9.80 Å². The summed E-state index contributed by atoms with van der Waals surface area (Å²) < 4.78 is 5.10. The summed E-state index contributed by atoms with van der Waals surface area (Å²) in [5, 5.41) is 7.53. The maximum absolute atomic E-state index is 7.53. The van der Waals surface area contributed by atoms with E-state index in [9.17, 15) is 0 Å². The van der Waals surface area contributed by atoms with Gasteiger partial charge in [-0.05, 0) is 6.92 Å². The van der Waals surface area contributed by atoms with Crippen LogP contribution in [0.2, 0.25) is 0 Å². The molecular formula is C9H17N3O. The zero-order valence-corrected chi connectivity index (χ0v) is 8.45. The van der Waals surface area contributed by atoms with Crippen LogP contribution in [0.4, 0.5) is 0 Å². The second kappa shape index (κ2) is 4.16. The second-order valence-electron chi connectivity index (χ2n) is 3.17. The quantitative estimate of drug-likeness (QED) is 0.525. The largest absolute Gasteiger partial charge is 0.481 e. The maximum Gasteiger partial charge on any atom is 0.184 e. The lowest BCUT2D eigenvalue weighted by atomic mass is 10.3. The Hall–Kier alpha value is -1.19. The molecule has 4 heteroatoms. The summed E-state index contributed by atoms with van der Waals surface area (Å²) in [4.78, 5) is 4.15. The average molecular weight is 183 g/mol. The third kappa shape index (κ3) is 2.37. The van der Waals surface area contributed by atoms with Crippen molar-refractivity contribution < 1.29 is 4.74 Å². The molecule has 0 saturated carbocycles. The van der Waals surface area contributed by atoms with Gasteiger partial charge < -0.3 is 14.5 Å². The Bertz CT molecular complexity index is 203. The zero-order valence-electron chi connectivity index (χ0n) is 8.45. The molecule has 0 saturated heterocycles. The summed E-state index contributed by atoms with van der Waals surface area (Å²) in [5.74, 6) is 0.356. The van der Waals surface area contributed by atoms with Crippen LogP contribution in [0.1, 0.15) is 13.3 Å². The van der Waals surface area contributed by atoms with E-state index in [0.29, 0.717) is 18.9 Å². The number of hydrogen-bond acceptors (Lipinski definition) is 4. The predicted octanol–water partition coefficient (Wildman–Crippen LogP) is 1.06. The van der Waals surface area contributed by atoms with E-state index in [1.54, 1.807) is 0 Å². The van der Waals surface area contributed by atoms with Gasteiger partial charge in [0.2, 0.25) is 0 Å². The highest BCUT2D eigenvalue weighted by Crippen LogP contribution is 2.14. The standard InChI is InChI=1S/C9H17N3O/c1-4-13-8(10)7-9-11(2)5-6-12(9)3/h5-6,9-10H,4,7H2,1-3H3. The molecule has 0 fully saturated rings. The lowest BCUT2D eigenvalue weighted by molar-refractivity contribution is 0.196. The third-order valence-electron chi connectivity index (χ3n) is 2.16. The smallest absolute Gasteiger partial charge is 0.184 e. The van der Waals surface area contributed by atoms with Crippen LogP contribution < -0.4 is 0 Å². The van der Waals surface area contributed by atoms with Gasteiger partial charge in [0.25, 0.3) is 0 Å². The molecule has 0 unspecified atom stereocenters. The lowest BCUT2D eigenvalue weighted by Crippen LogP contribution is -2.36. The fourth-order valence-corrected chi connectivity index (χ4v) is 1.38. The van der Waals surface area contributed by atoms with Crippen molar-refractivity contribution in [2.75, 3.05) is 20.7 Å². The highest BCUT2D eigenvalue weighted by Gasteiger charge is 2.22. The van der Waals surface area contributed by atoms with Gasteiger partial charge in [-0.25, -0.2) is 0 Å². The van der Waals surface area contributed by atoms with E-state index < -0.39 is 0 Å². The van der Waals surface area contributed by atoms with E-state index >= 15 is 0 Å². The van der Waals surface area contributed by atoms with E-state index in [2.05, 4.69) is 9.80 Å². The number of rotatable bonds is 3. The molecule has 74 valence electrons. The summed E-state index contributed by atoms with van der Waals surface area (Å²) in [5.41, 5.74) is 0. The topological polar surface area (TPSA) is 39.6 Å². The van der Waals surface area contributed by atoms with Gasteiger partial charge in [-0.15, -0.1) is 0 Å². The molecule has 13 heavy (non-hydrogen) atoms. The molecule has 0 aromatic rings. The average Bonchev–Trinajstić information content (AvgIpc) is 2.36. The first kappa shape index (κ1) is 9.89. The minimum Gasteiger partial charge on any atom is -0.481 e. The van der Waals surface area contributed by atoms with Crippen LogP contribution in [0.5, 0.6) is 0 Å². The molecule has 1 heterocycles. The van der Waals surface area contributed by atoms with Gasteiger partial charge in [0.15, 0.2) is 5.90 Å². The SMILES string of the molecule is CCOC(=N)CC1N(C)C=CN1C. The van der Waals surface area contributed by atoms with Gasteiger partial charge in [0.1, 0.15) is 6.17 Å². The molecule has 1 rings (SSSR count). The van der Waals surface area contributed by atoms with Gasteiger partial charge in [-0.2, -0.15) is 0 Å².